The van der Waals surface area contributed by atoms with Crippen molar-refractivity contribution in [3.05, 3.63) is 59.7 Å². The fourth-order valence-electron chi connectivity index (χ4n) is 3.45. The average molecular weight is 386 g/mol. The summed E-state index contributed by atoms with van der Waals surface area (Å²) < 4.78 is 5.60. The Hall–Kier alpha value is -2.71. The van der Waals surface area contributed by atoms with Crippen LogP contribution < -0.4 is 15.4 Å². The molecule has 0 radical (unpaired) electrons. The summed E-state index contributed by atoms with van der Waals surface area (Å²) in [7, 11) is 0. The van der Waals surface area contributed by atoms with E-state index in [9.17, 15) is 19.8 Å². The van der Waals surface area contributed by atoms with Gasteiger partial charge in [0.05, 0.1) is 0 Å². The molecule has 2 aliphatic rings. The van der Waals surface area contributed by atoms with Crippen molar-refractivity contribution in [2.24, 2.45) is 0 Å². The topological polar surface area (TPSA) is 108 Å². The van der Waals surface area contributed by atoms with Crippen molar-refractivity contribution in [3.63, 3.8) is 0 Å². The molecule has 0 bridgehead atoms. The van der Waals surface area contributed by atoms with Gasteiger partial charge in [-0.3, -0.25) is 9.59 Å². The molecule has 2 aromatic rings. The number of para-hydroxylation sites is 1. The summed E-state index contributed by atoms with van der Waals surface area (Å²) in [6, 6.07) is 13.8. The summed E-state index contributed by atoms with van der Waals surface area (Å²) in [6.45, 7) is 0. The molecule has 2 aromatic carbocycles. The zero-order valence-corrected chi connectivity index (χ0v) is 15.2. The summed E-state index contributed by atoms with van der Waals surface area (Å²) in [6.07, 6.45) is 0.560. The molecule has 8 heteroatoms. The Kier molecular flexibility index (Phi) is 4.05. The van der Waals surface area contributed by atoms with Crippen LogP contribution in [0.4, 0.5) is 0 Å². The van der Waals surface area contributed by atoms with Crippen molar-refractivity contribution < 1.29 is 24.5 Å². The van der Waals surface area contributed by atoms with E-state index in [1.54, 1.807) is 6.26 Å². The zero-order valence-electron chi connectivity index (χ0n) is 14.4. The minimum absolute atomic E-state index is 0.0137. The number of thioether (sulfide) groups is 1. The Morgan fingerprint density at radius 3 is 2.48 bits per heavy atom. The van der Waals surface area contributed by atoms with Crippen molar-refractivity contribution >= 4 is 23.6 Å². The molecule has 3 atom stereocenters. The van der Waals surface area contributed by atoms with Crippen molar-refractivity contribution in [2.75, 3.05) is 6.26 Å². The number of phenolic OH excluding ortho intramolecular Hbond substituents is 1. The largest absolute Gasteiger partial charge is 0.504 e. The number of carbonyl (C=O) groups excluding carboxylic acids is 2. The predicted octanol–water partition coefficient (Wildman–Crippen LogP) is 1.06. The smallest absolute Gasteiger partial charge is 0.292 e. The van der Waals surface area contributed by atoms with Gasteiger partial charge in [0.1, 0.15) is 0 Å². The number of hydrogen-bond acceptors (Lipinski definition) is 6. The van der Waals surface area contributed by atoms with E-state index in [1.807, 2.05) is 30.3 Å². The highest BCUT2D eigenvalue weighted by Crippen LogP contribution is 2.48. The number of aliphatic hydroxyl groups excluding tert-OH is 1. The van der Waals surface area contributed by atoms with E-state index >= 15 is 0 Å². The Bertz CT molecular complexity index is 922. The highest BCUT2D eigenvalue weighted by Gasteiger charge is 2.62. The van der Waals surface area contributed by atoms with Gasteiger partial charge in [0.15, 0.2) is 22.5 Å². The molecule has 27 heavy (non-hydrogen) atoms. The van der Waals surface area contributed by atoms with Gasteiger partial charge in [-0.2, -0.15) is 0 Å². The first-order valence-corrected chi connectivity index (χ1v) is 9.57. The highest BCUT2D eigenvalue weighted by atomic mass is 32.2. The van der Waals surface area contributed by atoms with Gasteiger partial charge in [0.2, 0.25) is 0 Å². The van der Waals surface area contributed by atoms with Gasteiger partial charge in [0.25, 0.3) is 17.5 Å². The number of amides is 2. The van der Waals surface area contributed by atoms with Crippen LogP contribution in [0.5, 0.6) is 11.5 Å². The first-order valence-electron chi connectivity index (χ1n) is 8.35. The number of aliphatic hydroxyl groups is 1. The first-order chi connectivity index (χ1) is 12.9. The minimum atomic E-state index is -2.01. The lowest BCUT2D eigenvalue weighted by Gasteiger charge is -2.43. The van der Waals surface area contributed by atoms with E-state index < -0.39 is 28.5 Å². The molecule has 2 aliphatic heterocycles. The Morgan fingerprint density at radius 2 is 1.81 bits per heavy atom. The van der Waals surface area contributed by atoms with E-state index in [0.717, 1.165) is 5.56 Å². The van der Waals surface area contributed by atoms with Gasteiger partial charge in [0, 0.05) is 12.0 Å². The van der Waals surface area contributed by atoms with Gasteiger partial charge < -0.3 is 25.6 Å². The van der Waals surface area contributed by atoms with Crippen LogP contribution in [0.2, 0.25) is 0 Å². The van der Waals surface area contributed by atoms with Crippen molar-refractivity contribution in [2.45, 2.75) is 23.1 Å². The number of fused-ring (bicyclic) bond motifs is 1. The first kappa shape index (κ1) is 17.7. The van der Waals surface area contributed by atoms with Crippen molar-refractivity contribution in [1.82, 2.24) is 10.6 Å². The van der Waals surface area contributed by atoms with E-state index in [4.69, 9.17) is 4.74 Å². The number of piperazine rings is 1. The van der Waals surface area contributed by atoms with Gasteiger partial charge in [-0.25, -0.2) is 0 Å². The number of nitrogens with one attached hydrogen (secondary N) is 2. The molecule has 0 saturated carbocycles. The Morgan fingerprint density at radius 1 is 1.07 bits per heavy atom. The van der Waals surface area contributed by atoms with Crippen LogP contribution in [0.3, 0.4) is 0 Å². The lowest BCUT2D eigenvalue weighted by Crippen LogP contribution is -2.77. The van der Waals surface area contributed by atoms with Crippen LogP contribution in [-0.4, -0.2) is 38.9 Å². The fraction of sp³-hybridized carbons (Fsp3) is 0.263. The van der Waals surface area contributed by atoms with E-state index in [0.29, 0.717) is 0 Å². The second-order valence-electron chi connectivity index (χ2n) is 6.54. The molecule has 7 nitrogen and oxygen atoms in total. The maximum atomic E-state index is 13.0. The van der Waals surface area contributed by atoms with Crippen LogP contribution in [0, 0.1) is 0 Å². The van der Waals surface area contributed by atoms with Crippen LogP contribution in [0.1, 0.15) is 17.2 Å². The van der Waals surface area contributed by atoms with Gasteiger partial charge in [-0.1, -0.05) is 42.5 Å². The van der Waals surface area contributed by atoms with Gasteiger partial charge in [-0.05, 0) is 17.9 Å². The van der Waals surface area contributed by atoms with Crippen molar-refractivity contribution in [1.29, 1.82) is 0 Å². The standard InChI is InChI=1S/C19H18N2O5S/c1-27-18(10-11-6-3-2-4-7-11)16(24)21-19(17(25)20-18)15(23)12-8-5-9-13(22)14(12)26-19/h2-9,15,22-23H,10H2,1H3,(H,20,25)(H,21,24)/t15-,18-,19-/m1/s1. The Balaban J connectivity index is 1.68. The number of aromatic hydroxyl groups is 1. The molecule has 1 fully saturated rings. The summed E-state index contributed by atoms with van der Waals surface area (Å²) >= 11 is 1.20. The molecule has 0 unspecified atom stereocenters. The molecule has 4 rings (SSSR count). The lowest BCUT2D eigenvalue weighted by molar-refractivity contribution is -0.164. The average Bonchev–Trinajstić information content (AvgIpc) is 2.95. The number of hydrogen-bond donors (Lipinski definition) is 4. The molecule has 1 spiro atoms. The van der Waals surface area contributed by atoms with Crippen LogP contribution in [0.15, 0.2) is 48.5 Å². The monoisotopic (exact) mass is 386 g/mol. The maximum absolute atomic E-state index is 13.0. The Labute approximate surface area is 159 Å². The van der Waals surface area contributed by atoms with Crippen LogP contribution >= 0.6 is 11.8 Å². The number of ether oxygens (including phenoxy) is 1. The summed E-state index contributed by atoms with van der Waals surface area (Å²) in [5.41, 5.74) is -0.883. The second kappa shape index (κ2) is 6.17. The summed E-state index contributed by atoms with van der Waals surface area (Å²) in [4.78, 5) is 24.8. The second-order valence-corrected chi connectivity index (χ2v) is 7.64. The third kappa shape index (κ3) is 2.55. The number of benzene rings is 2. The van der Waals surface area contributed by atoms with Gasteiger partial charge >= 0.3 is 0 Å². The van der Waals surface area contributed by atoms with Crippen LogP contribution in [-0.2, 0) is 16.0 Å². The minimum Gasteiger partial charge on any atom is -0.504 e. The third-order valence-corrected chi connectivity index (χ3v) is 6.06. The molecule has 2 amide bonds. The highest BCUT2D eigenvalue weighted by molar-refractivity contribution is 8.00. The summed E-state index contributed by atoms with van der Waals surface area (Å²) in [5.74, 6) is -1.38. The summed E-state index contributed by atoms with van der Waals surface area (Å²) in [5, 5.41) is 26.0. The third-order valence-electron chi connectivity index (χ3n) is 4.93. The van der Waals surface area contributed by atoms with Crippen molar-refractivity contribution in [3.8, 4) is 11.5 Å². The molecular weight excluding hydrogens is 368 g/mol. The molecule has 4 N–H and O–H groups in total. The predicted molar refractivity (Wildman–Crippen MR) is 99.1 cm³/mol. The van der Waals surface area contributed by atoms with E-state index in [-0.39, 0.29) is 23.5 Å². The van der Waals surface area contributed by atoms with Gasteiger partial charge in [-0.15, -0.1) is 11.8 Å². The van der Waals surface area contributed by atoms with E-state index in [2.05, 4.69) is 10.6 Å². The molecule has 0 aliphatic carbocycles. The molecular formula is C19H18N2O5S. The lowest BCUT2D eigenvalue weighted by atomic mass is 9.94. The number of rotatable bonds is 3. The van der Waals surface area contributed by atoms with Crippen LogP contribution in [0.25, 0.3) is 0 Å². The number of carbonyl (C=O) groups is 2. The molecule has 140 valence electrons. The molecule has 1 saturated heterocycles. The molecule has 2 heterocycles. The zero-order chi connectivity index (χ0) is 19.2. The number of phenols is 1. The van der Waals surface area contributed by atoms with E-state index in [1.165, 1.54) is 30.0 Å². The SMILES string of the molecule is CS[C@@]1(Cc2ccccc2)NC(=O)[C@]2(NC1=O)Oc1c(O)cccc1[C@H]2O. The fourth-order valence-corrected chi connectivity index (χ4v) is 4.19. The quantitative estimate of drug-likeness (QED) is 0.628. The molecule has 0 aromatic heterocycles. The maximum Gasteiger partial charge on any atom is 0.292 e. The normalized spacial score (nSPS) is 29.0.